The van der Waals surface area contributed by atoms with Gasteiger partial charge in [-0.3, -0.25) is 10.4 Å². The first-order valence-corrected chi connectivity index (χ1v) is 6.48. The summed E-state index contributed by atoms with van der Waals surface area (Å²) in [5.74, 6) is 1.59. The monoisotopic (exact) mass is 265 g/mol. The van der Waals surface area contributed by atoms with Gasteiger partial charge in [-0.05, 0) is 19.1 Å². The van der Waals surface area contributed by atoms with Crippen molar-refractivity contribution in [3.8, 4) is 0 Å². The van der Waals surface area contributed by atoms with E-state index in [2.05, 4.69) is 37.0 Å². The Hall–Kier alpha value is -1.93. The number of aliphatic imine (C=N–C) groups is 1. The van der Waals surface area contributed by atoms with Crippen LogP contribution >= 0.6 is 11.3 Å². The number of thiazole rings is 1. The second kappa shape index (κ2) is 4.75. The number of fused-ring (bicyclic) bond motifs is 1. The highest BCUT2D eigenvalue weighted by Crippen LogP contribution is 2.09. The molecule has 18 heavy (non-hydrogen) atoms. The molecule has 96 valence electrons. The van der Waals surface area contributed by atoms with Crippen LogP contribution in [0.4, 0.5) is 0 Å². The maximum Gasteiger partial charge on any atom is 0.187 e. The number of nitrogens with one attached hydrogen (secondary N) is 3. The van der Waals surface area contributed by atoms with Crippen molar-refractivity contribution in [2.75, 3.05) is 6.54 Å². The van der Waals surface area contributed by atoms with E-state index < -0.39 is 0 Å². The fourth-order valence-electron chi connectivity index (χ4n) is 1.62. The van der Waals surface area contributed by atoms with Gasteiger partial charge in [-0.1, -0.05) is 0 Å². The summed E-state index contributed by atoms with van der Waals surface area (Å²) in [6.07, 6.45) is 4.65. The van der Waals surface area contributed by atoms with Crippen LogP contribution < -0.4 is 16.5 Å². The van der Waals surface area contributed by atoms with Crippen LogP contribution in [-0.4, -0.2) is 28.3 Å². The van der Waals surface area contributed by atoms with Gasteiger partial charge in [0, 0.05) is 25.5 Å². The number of amidine groups is 2. The number of nitrogens with zero attached hydrogens (tertiary/aromatic N) is 4. The first-order chi connectivity index (χ1) is 8.81. The van der Waals surface area contributed by atoms with Crippen molar-refractivity contribution in [2.24, 2.45) is 10.1 Å². The van der Waals surface area contributed by atoms with Crippen LogP contribution in [0.2, 0.25) is 0 Å². The molecule has 3 N–H and O–H groups in total. The van der Waals surface area contributed by atoms with Gasteiger partial charge in [0.2, 0.25) is 0 Å². The molecule has 0 amide bonds. The summed E-state index contributed by atoms with van der Waals surface area (Å²) in [4.78, 5) is 8.87. The topological polar surface area (TPSA) is 76.9 Å². The van der Waals surface area contributed by atoms with E-state index in [1.54, 1.807) is 16.5 Å². The normalized spacial score (nSPS) is 19.5. The molecule has 1 aromatic heterocycles. The standard InChI is InChI=1S/C10H13N7S.H2/c1-7-6-18-10(12-7)4-5-11-8-2-3-9-13-15-16-17(9)14-8;/h2-3,6,15-16H,4-5H2,1H3,(H,11,14);1H. The van der Waals surface area contributed by atoms with Crippen LogP contribution in [0.5, 0.6) is 0 Å². The van der Waals surface area contributed by atoms with Crippen molar-refractivity contribution in [1.29, 1.82) is 0 Å². The molecule has 0 aliphatic carbocycles. The highest BCUT2D eigenvalue weighted by Gasteiger charge is 2.18. The molecule has 0 atom stereocenters. The Labute approximate surface area is 110 Å². The van der Waals surface area contributed by atoms with E-state index in [0.717, 1.165) is 28.8 Å². The van der Waals surface area contributed by atoms with E-state index in [4.69, 9.17) is 0 Å². The number of hydrazine groups is 3. The first-order valence-electron chi connectivity index (χ1n) is 5.60. The predicted octanol–water partition coefficient (Wildman–Crippen LogP) is 0.351. The largest absolute Gasteiger partial charge is 0.267 e. The Morgan fingerprint density at radius 2 is 2.44 bits per heavy atom. The first kappa shape index (κ1) is 11.2. The average molecular weight is 265 g/mol. The molecule has 0 fully saturated rings. The minimum atomic E-state index is 0. The van der Waals surface area contributed by atoms with Crippen LogP contribution in [0.3, 0.4) is 0 Å². The van der Waals surface area contributed by atoms with Gasteiger partial charge in [-0.25, -0.2) is 10.5 Å². The molecule has 0 bridgehead atoms. The van der Waals surface area contributed by atoms with Gasteiger partial charge in [0.25, 0.3) is 0 Å². The fourth-order valence-corrected chi connectivity index (χ4v) is 2.38. The molecule has 1 aromatic rings. The smallest absolute Gasteiger partial charge is 0.187 e. The molecule has 0 radical (unpaired) electrons. The zero-order chi connectivity index (χ0) is 12.4. The van der Waals surface area contributed by atoms with Gasteiger partial charge in [-0.2, -0.15) is 5.12 Å². The molecule has 3 rings (SSSR count). The van der Waals surface area contributed by atoms with Crippen LogP contribution in [0, 0.1) is 6.92 Å². The van der Waals surface area contributed by atoms with Crippen molar-refractivity contribution < 1.29 is 1.43 Å². The average Bonchev–Trinajstić information content (AvgIpc) is 2.97. The maximum atomic E-state index is 4.47. The lowest BCUT2D eigenvalue weighted by Gasteiger charge is -2.22. The summed E-state index contributed by atoms with van der Waals surface area (Å²) in [5.41, 5.74) is 9.64. The third-order valence-electron chi connectivity index (χ3n) is 2.45. The van der Waals surface area contributed by atoms with Crippen molar-refractivity contribution in [1.82, 2.24) is 26.6 Å². The van der Waals surface area contributed by atoms with E-state index in [1.165, 1.54) is 0 Å². The molecule has 0 aromatic carbocycles. The molecule has 2 aliphatic heterocycles. The quantitative estimate of drug-likeness (QED) is 0.735. The molecule has 0 saturated heterocycles. The SMILES string of the molecule is Cc1csc(CCN=C2C=CC3=NNNN3N2)n1.[HH]. The predicted molar refractivity (Wildman–Crippen MR) is 72.8 cm³/mol. The van der Waals surface area contributed by atoms with E-state index in [9.17, 15) is 0 Å². The van der Waals surface area contributed by atoms with Crippen LogP contribution in [0.1, 0.15) is 12.1 Å². The van der Waals surface area contributed by atoms with Gasteiger partial charge >= 0.3 is 0 Å². The summed E-state index contributed by atoms with van der Waals surface area (Å²) < 4.78 is 0. The molecule has 0 unspecified atom stereocenters. The summed E-state index contributed by atoms with van der Waals surface area (Å²) in [6, 6.07) is 0. The molecular weight excluding hydrogens is 250 g/mol. The Morgan fingerprint density at radius 3 is 3.28 bits per heavy atom. The molecular formula is C10H15N7S. The van der Waals surface area contributed by atoms with E-state index in [1.807, 2.05) is 19.1 Å². The molecule has 8 heteroatoms. The summed E-state index contributed by atoms with van der Waals surface area (Å²) in [5, 5.41) is 8.85. The third kappa shape index (κ3) is 2.34. The molecule has 2 aliphatic rings. The Kier molecular flexibility index (Phi) is 2.95. The van der Waals surface area contributed by atoms with E-state index in [-0.39, 0.29) is 1.43 Å². The summed E-state index contributed by atoms with van der Waals surface area (Å²) in [6.45, 7) is 2.72. The van der Waals surface area contributed by atoms with Crippen LogP contribution in [0.25, 0.3) is 0 Å². The van der Waals surface area contributed by atoms with Crippen molar-refractivity contribution in [3.05, 3.63) is 28.2 Å². The summed E-state index contributed by atoms with van der Waals surface area (Å²) >= 11 is 1.68. The number of aryl methyl sites for hydroxylation is 1. The van der Waals surface area contributed by atoms with Crippen molar-refractivity contribution in [2.45, 2.75) is 13.3 Å². The van der Waals surface area contributed by atoms with Gasteiger partial charge < -0.3 is 0 Å². The number of aromatic nitrogens is 1. The highest BCUT2D eigenvalue weighted by molar-refractivity contribution is 7.09. The Bertz CT molecular complexity index is 536. The fraction of sp³-hybridized carbons (Fsp3) is 0.300. The van der Waals surface area contributed by atoms with Gasteiger partial charge in [0.15, 0.2) is 5.84 Å². The third-order valence-corrected chi connectivity index (χ3v) is 3.48. The van der Waals surface area contributed by atoms with Crippen molar-refractivity contribution in [3.63, 3.8) is 0 Å². The maximum absolute atomic E-state index is 4.47. The molecule has 3 heterocycles. The lowest BCUT2D eigenvalue weighted by atomic mass is 10.4. The number of hydrogen-bond acceptors (Lipinski definition) is 7. The molecule has 0 spiro atoms. The van der Waals surface area contributed by atoms with Crippen LogP contribution in [0.15, 0.2) is 27.6 Å². The lowest BCUT2D eigenvalue weighted by Crippen LogP contribution is -2.53. The zero-order valence-electron chi connectivity index (χ0n) is 9.84. The van der Waals surface area contributed by atoms with Gasteiger partial charge in [0.05, 0.1) is 5.01 Å². The molecule has 0 saturated carbocycles. The number of hydrogen-bond donors (Lipinski definition) is 3. The number of hydrazone groups is 1. The minimum Gasteiger partial charge on any atom is -0.267 e. The van der Waals surface area contributed by atoms with Crippen molar-refractivity contribution >= 4 is 23.0 Å². The highest BCUT2D eigenvalue weighted by atomic mass is 32.1. The van der Waals surface area contributed by atoms with E-state index in [0.29, 0.717) is 6.54 Å². The second-order valence-electron chi connectivity index (χ2n) is 3.87. The minimum absolute atomic E-state index is 0. The zero-order valence-corrected chi connectivity index (χ0v) is 10.7. The Balaban J connectivity index is 0.00000133. The lowest BCUT2D eigenvalue weighted by molar-refractivity contribution is 0.259. The van der Waals surface area contributed by atoms with Gasteiger partial charge in [-0.15, -0.1) is 22.0 Å². The second-order valence-corrected chi connectivity index (χ2v) is 4.82. The van der Waals surface area contributed by atoms with Crippen LogP contribution in [-0.2, 0) is 6.42 Å². The molecule has 7 nitrogen and oxygen atoms in total. The van der Waals surface area contributed by atoms with E-state index >= 15 is 0 Å². The Morgan fingerprint density at radius 1 is 1.50 bits per heavy atom. The number of rotatable bonds is 3. The summed E-state index contributed by atoms with van der Waals surface area (Å²) in [7, 11) is 0. The van der Waals surface area contributed by atoms with Gasteiger partial charge in [0.1, 0.15) is 5.84 Å².